The van der Waals surface area contributed by atoms with Crippen LogP contribution in [0.1, 0.15) is 41.3 Å². The highest BCUT2D eigenvalue weighted by Gasteiger charge is 2.07. The number of nitrogens with zero attached hydrogens (tertiary/aromatic N) is 3. The van der Waals surface area contributed by atoms with Gasteiger partial charge in [0.25, 0.3) is 5.91 Å². The molecule has 7 heteroatoms. The lowest BCUT2D eigenvalue weighted by Crippen LogP contribution is -2.25. The Labute approximate surface area is 177 Å². The van der Waals surface area contributed by atoms with E-state index in [1.165, 1.54) is 11.1 Å². The SMILES string of the molecule is CCOCCCNC(=O)c1ccc(OCCCn2nnc3cc(C)c(C)cc32)cc1. The van der Waals surface area contributed by atoms with E-state index in [-0.39, 0.29) is 5.91 Å². The predicted molar refractivity (Wildman–Crippen MR) is 117 cm³/mol. The Balaban J connectivity index is 1.42. The summed E-state index contributed by atoms with van der Waals surface area (Å²) in [5, 5.41) is 11.4. The van der Waals surface area contributed by atoms with Crippen molar-refractivity contribution in [2.75, 3.05) is 26.4 Å². The number of fused-ring (bicyclic) bond motifs is 1. The molecule has 0 atom stereocenters. The summed E-state index contributed by atoms with van der Waals surface area (Å²) in [5.41, 5.74) is 5.06. The monoisotopic (exact) mass is 410 g/mol. The fraction of sp³-hybridized carbons (Fsp3) is 0.435. The molecule has 0 unspecified atom stereocenters. The molecule has 0 bridgehead atoms. The number of ether oxygens (including phenoxy) is 2. The van der Waals surface area contributed by atoms with Gasteiger partial charge in [0.05, 0.1) is 12.1 Å². The molecule has 1 aromatic heterocycles. The minimum atomic E-state index is -0.0818. The highest BCUT2D eigenvalue weighted by atomic mass is 16.5. The van der Waals surface area contributed by atoms with E-state index in [4.69, 9.17) is 9.47 Å². The van der Waals surface area contributed by atoms with Crippen molar-refractivity contribution in [2.24, 2.45) is 0 Å². The summed E-state index contributed by atoms with van der Waals surface area (Å²) in [7, 11) is 0. The lowest BCUT2D eigenvalue weighted by Gasteiger charge is -2.09. The molecule has 7 nitrogen and oxygen atoms in total. The number of carbonyl (C=O) groups is 1. The van der Waals surface area contributed by atoms with Crippen molar-refractivity contribution in [2.45, 2.75) is 40.2 Å². The lowest BCUT2D eigenvalue weighted by atomic mass is 10.1. The largest absolute Gasteiger partial charge is 0.494 e. The van der Waals surface area contributed by atoms with Crippen molar-refractivity contribution in [1.82, 2.24) is 20.3 Å². The van der Waals surface area contributed by atoms with Crippen molar-refractivity contribution in [3.63, 3.8) is 0 Å². The molecule has 3 aromatic rings. The predicted octanol–water partition coefficient (Wildman–Crippen LogP) is 3.67. The molecule has 3 rings (SSSR count). The molecule has 0 fully saturated rings. The molecule has 0 aliphatic heterocycles. The molecule has 0 saturated carbocycles. The van der Waals surface area contributed by atoms with Crippen molar-refractivity contribution in [1.29, 1.82) is 0 Å². The quantitative estimate of drug-likeness (QED) is 0.488. The number of hydrogen-bond acceptors (Lipinski definition) is 5. The summed E-state index contributed by atoms with van der Waals surface area (Å²) in [6.45, 7) is 9.40. The molecule has 1 heterocycles. The van der Waals surface area contributed by atoms with Gasteiger partial charge in [-0.15, -0.1) is 5.10 Å². The molecule has 2 aromatic carbocycles. The highest BCUT2D eigenvalue weighted by Crippen LogP contribution is 2.17. The second-order valence-corrected chi connectivity index (χ2v) is 7.27. The van der Waals surface area contributed by atoms with Gasteiger partial charge in [-0.2, -0.15) is 0 Å². The number of aromatic nitrogens is 3. The second-order valence-electron chi connectivity index (χ2n) is 7.27. The summed E-state index contributed by atoms with van der Waals surface area (Å²) in [6.07, 6.45) is 1.62. The van der Waals surface area contributed by atoms with Gasteiger partial charge in [0.1, 0.15) is 11.3 Å². The summed E-state index contributed by atoms with van der Waals surface area (Å²) in [4.78, 5) is 12.1. The molecule has 1 amide bonds. The number of carbonyl (C=O) groups excluding carboxylic acids is 1. The van der Waals surface area contributed by atoms with Gasteiger partial charge >= 0.3 is 0 Å². The fourth-order valence-electron chi connectivity index (χ4n) is 3.12. The average molecular weight is 411 g/mol. The van der Waals surface area contributed by atoms with Gasteiger partial charge in [-0.05, 0) is 74.7 Å². The van der Waals surface area contributed by atoms with Crippen molar-refractivity contribution < 1.29 is 14.3 Å². The molecule has 0 aliphatic carbocycles. The molecule has 1 N–H and O–H groups in total. The van der Waals surface area contributed by atoms with Crippen LogP contribution in [0.2, 0.25) is 0 Å². The van der Waals surface area contributed by atoms with Crippen LogP contribution in [0.25, 0.3) is 11.0 Å². The Morgan fingerprint density at radius 3 is 2.60 bits per heavy atom. The third kappa shape index (κ3) is 5.79. The van der Waals surface area contributed by atoms with E-state index < -0.39 is 0 Å². The fourth-order valence-corrected chi connectivity index (χ4v) is 3.12. The van der Waals surface area contributed by atoms with Crippen LogP contribution in [0.3, 0.4) is 0 Å². The van der Waals surface area contributed by atoms with Crippen molar-refractivity contribution >= 4 is 16.9 Å². The average Bonchev–Trinajstić information content (AvgIpc) is 3.13. The summed E-state index contributed by atoms with van der Waals surface area (Å²) in [6, 6.07) is 11.4. The van der Waals surface area contributed by atoms with Crippen LogP contribution in [-0.4, -0.2) is 47.3 Å². The number of benzene rings is 2. The first-order valence-corrected chi connectivity index (χ1v) is 10.5. The van der Waals surface area contributed by atoms with Crippen LogP contribution in [0.15, 0.2) is 36.4 Å². The van der Waals surface area contributed by atoms with Crippen LogP contribution < -0.4 is 10.1 Å². The third-order valence-electron chi connectivity index (χ3n) is 4.98. The summed E-state index contributed by atoms with van der Waals surface area (Å²) >= 11 is 0. The molecule has 0 radical (unpaired) electrons. The number of hydrogen-bond donors (Lipinski definition) is 1. The Hall–Kier alpha value is -2.93. The van der Waals surface area contributed by atoms with Crippen LogP contribution in [0.4, 0.5) is 0 Å². The van der Waals surface area contributed by atoms with E-state index in [0.29, 0.717) is 31.9 Å². The molecule has 0 aliphatic rings. The maximum atomic E-state index is 12.1. The molecule has 30 heavy (non-hydrogen) atoms. The van der Waals surface area contributed by atoms with E-state index in [9.17, 15) is 4.79 Å². The molecule has 0 saturated heterocycles. The molecular formula is C23H30N4O3. The number of rotatable bonds is 11. The topological polar surface area (TPSA) is 78.3 Å². The summed E-state index contributed by atoms with van der Waals surface area (Å²) < 4.78 is 13.0. The van der Waals surface area contributed by atoms with Crippen LogP contribution in [0.5, 0.6) is 5.75 Å². The Bertz CT molecular complexity index is 966. The van der Waals surface area contributed by atoms with Crippen LogP contribution in [-0.2, 0) is 11.3 Å². The standard InChI is InChI=1S/C23H30N4O3/c1-4-29-13-5-11-24-23(28)19-7-9-20(10-8-19)30-14-6-12-27-22-16-18(3)17(2)15-21(22)25-26-27/h7-10,15-16H,4-6,11-14H2,1-3H3,(H,24,28). The van der Waals surface area contributed by atoms with E-state index >= 15 is 0 Å². The first-order valence-electron chi connectivity index (χ1n) is 10.5. The number of nitrogens with one attached hydrogen (secondary N) is 1. The van der Waals surface area contributed by atoms with Gasteiger partial charge in [0.15, 0.2) is 0 Å². The van der Waals surface area contributed by atoms with Crippen molar-refractivity contribution in [3.05, 3.63) is 53.1 Å². The lowest BCUT2D eigenvalue weighted by molar-refractivity contribution is 0.0944. The summed E-state index contributed by atoms with van der Waals surface area (Å²) in [5.74, 6) is 0.666. The zero-order chi connectivity index (χ0) is 21.3. The van der Waals surface area contributed by atoms with Gasteiger partial charge < -0.3 is 14.8 Å². The van der Waals surface area contributed by atoms with Gasteiger partial charge in [-0.3, -0.25) is 4.79 Å². The first-order chi connectivity index (χ1) is 14.6. The normalized spacial score (nSPS) is 11.0. The van der Waals surface area contributed by atoms with E-state index in [1.54, 1.807) is 12.1 Å². The van der Waals surface area contributed by atoms with Gasteiger partial charge in [0, 0.05) is 38.3 Å². The minimum absolute atomic E-state index is 0.0818. The number of aryl methyl sites for hydroxylation is 3. The Morgan fingerprint density at radius 2 is 1.83 bits per heavy atom. The van der Waals surface area contributed by atoms with Crippen molar-refractivity contribution in [3.8, 4) is 5.75 Å². The highest BCUT2D eigenvalue weighted by molar-refractivity contribution is 5.94. The third-order valence-corrected chi connectivity index (χ3v) is 4.98. The smallest absolute Gasteiger partial charge is 0.251 e. The maximum absolute atomic E-state index is 12.1. The van der Waals surface area contributed by atoms with E-state index in [0.717, 1.165) is 36.2 Å². The maximum Gasteiger partial charge on any atom is 0.251 e. The molecule has 0 spiro atoms. The Kier molecular flexibility index (Phi) is 7.79. The van der Waals surface area contributed by atoms with E-state index in [1.807, 2.05) is 23.7 Å². The van der Waals surface area contributed by atoms with Crippen LogP contribution in [0, 0.1) is 13.8 Å². The second kappa shape index (κ2) is 10.7. The molecular weight excluding hydrogens is 380 g/mol. The van der Waals surface area contributed by atoms with Gasteiger partial charge in [-0.1, -0.05) is 5.21 Å². The first kappa shape index (κ1) is 21.8. The zero-order valence-electron chi connectivity index (χ0n) is 18.0. The Morgan fingerprint density at radius 1 is 1.07 bits per heavy atom. The van der Waals surface area contributed by atoms with E-state index in [2.05, 4.69) is 41.6 Å². The number of amides is 1. The van der Waals surface area contributed by atoms with Crippen LogP contribution >= 0.6 is 0 Å². The minimum Gasteiger partial charge on any atom is -0.494 e. The zero-order valence-corrected chi connectivity index (χ0v) is 18.0. The molecule has 160 valence electrons. The van der Waals surface area contributed by atoms with Gasteiger partial charge in [-0.25, -0.2) is 4.68 Å². The van der Waals surface area contributed by atoms with Gasteiger partial charge in [0.2, 0.25) is 0 Å².